The van der Waals surface area contributed by atoms with Crippen LogP contribution >= 0.6 is 0 Å². The fourth-order valence-electron chi connectivity index (χ4n) is 1.57. The van der Waals surface area contributed by atoms with E-state index in [0.717, 1.165) is 19.5 Å². The van der Waals surface area contributed by atoms with Crippen molar-refractivity contribution in [3.8, 4) is 0 Å². The van der Waals surface area contributed by atoms with E-state index in [1.54, 1.807) is 0 Å². The lowest BCUT2D eigenvalue weighted by atomic mass is 9.77. The summed E-state index contributed by atoms with van der Waals surface area (Å²) in [4.78, 5) is 0. The molecule has 0 aromatic heterocycles. The molecule has 1 saturated heterocycles. The zero-order valence-corrected chi connectivity index (χ0v) is 6.85. The molecule has 10 heavy (non-hydrogen) atoms. The fourth-order valence-corrected chi connectivity index (χ4v) is 1.57. The maximum Gasteiger partial charge on any atom is 0.0502 e. The molecule has 1 aliphatic heterocycles. The SMILES string of the molecule is CC(C)[C@@]1(CO)CCNC1. The summed E-state index contributed by atoms with van der Waals surface area (Å²) >= 11 is 0. The van der Waals surface area contributed by atoms with E-state index in [-0.39, 0.29) is 5.41 Å². The van der Waals surface area contributed by atoms with Crippen LogP contribution in [-0.4, -0.2) is 24.8 Å². The largest absolute Gasteiger partial charge is 0.396 e. The lowest BCUT2D eigenvalue weighted by Crippen LogP contribution is -2.33. The van der Waals surface area contributed by atoms with Gasteiger partial charge in [-0.3, -0.25) is 0 Å². The van der Waals surface area contributed by atoms with Crippen LogP contribution < -0.4 is 5.32 Å². The highest BCUT2D eigenvalue weighted by Gasteiger charge is 2.35. The Morgan fingerprint density at radius 3 is 2.50 bits per heavy atom. The van der Waals surface area contributed by atoms with E-state index in [0.29, 0.717) is 12.5 Å². The molecular formula is C8H17NO. The molecule has 0 unspecified atom stereocenters. The van der Waals surface area contributed by atoms with Crippen molar-refractivity contribution >= 4 is 0 Å². The van der Waals surface area contributed by atoms with Crippen molar-refractivity contribution in [3.05, 3.63) is 0 Å². The van der Waals surface area contributed by atoms with Gasteiger partial charge in [-0.05, 0) is 18.9 Å². The summed E-state index contributed by atoms with van der Waals surface area (Å²) in [5, 5.41) is 12.4. The highest BCUT2D eigenvalue weighted by atomic mass is 16.3. The van der Waals surface area contributed by atoms with Gasteiger partial charge in [0.2, 0.25) is 0 Å². The molecule has 2 heteroatoms. The number of aliphatic hydroxyl groups is 1. The molecule has 0 radical (unpaired) electrons. The van der Waals surface area contributed by atoms with Crippen molar-refractivity contribution in [3.63, 3.8) is 0 Å². The van der Waals surface area contributed by atoms with Gasteiger partial charge in [-0.15, -0.1) is 0 Å². The lowest BCUT2D eigenvalue weighted by Gasteiger charge is -2.29. The van der Waals surface area contributed by atoms with Crippen LogP contribution in [0.3, 0.4) is 0 Å². The molecule has 60 valence electrons. The molecule has 0 spiro atoms. The van der Waals surface area contributed by atoms with Gasteiger partial charge in [0.05, 0.1) is 6.61 Å². The predicted octanol–water partition coefficient (Wildman–Crippen LogP) is 0.614. The molecule has 2 nitrogen and oxygen atoms in total. The third kappa shape index (κ3) is 1.18. The average molecular weight is 143 g/mol. The van der Waals surface area contributed by atoms with Crippen LogP contribution in [-0.2, 0) is 0 Å². The maximum atomic E-state index is 9.15. The third-order valence-electron chi connectivity index (χ3n) is 2.82. The summed E-state index contributed by atoms with van der Waals surface area (Å²) in [6.45, 7) is 6.75. The molecule has 1 aliphatic rings. The molecule has 1 atom stereocenters. The lowest BCUT2D eigenvalue weighted by molar-refractivity contribution is 0.0959. The molecule has 1 heterocycles. The number of hydrogen-bond acceptors (Lipinski definition) is 2. The van der Waals surface area contributed by atoms with Crippen molar-refractivity contribution in [1.29, 1.82) is 0 Å². The Bertz CT molecular complexity index is 106. The third-order valence-corrected chi connectivity index (χ3v) is 2.82. The molecule has 1 rings (SSSR count). The van der Waals surface area contributed by atoms with Gasteiger partial charge in [0.15, 0.2) is 0 Å². The summed E-state index contributed by atoms with van der Waals surface area (Å²) in [5.41, 5.74) is 0.181. The van der Waals surface area contributed by atoms with Gasteiger partial charge in [-0.1, -0.05) is 13.8 Å². The second-order valence-corrected chi connectivity index (χ2v) is 3.60. The number of hydrogen-bond donors (Lipinski definition) is 2. The van der Waals surface area contributed by atoms with Crippen LogP contribution in [0, 0.1) is 11.3 Å². The van der Waals surface area contributed by atoms with E-state index in [4.69, 9.17) is 5.11 Å². The molecule has 2 N–H and O–H groups in total. The Morgan fingerprint density at radius 2 is 2.30 bits per heavy atom. The van der Waals surface area contributed by atoms with Gasteiger partial charge in [-0.2, -0.15) is 0 Å². The molecule has 1 fully saturated rings. The summed E-state index contributed by atoms with van der Waals surface area (Å²) in [5.74, 6) is 0.590. The predicted molar refractivity (Wildman–Crippen MR) is 41.8 cm³/mol. The summed E-state index contributed by atoms with van der Waals surface area (Å²) in [6, 6.07) is 0. The Hall–Kier alpha value is -0.0800. The number of rotatable bonds is 2. The minimum Gasteiger partial charge on any atom is -0.396 e. The van der Waals surface area contributed by atoms with E-state index < -0.39 is 0 Å². The molecule has 0 bridgehead atoms. The first-order valence-corrected chi connectivity index (χ1v) is 4.03. The van der Waals surface area contributed by atoms with Crippen LogP contribution in [0.1, 0.15) is 20.3 Å². The van der Waals surface area contributed by atoms with Crippen molar-refractivity contribution in [2.24, 2.45) is 11.3 Å². The van der Waals surface area contributed by atoms with Gasteiger partial charge in [0, 0.05) is 12.0 Å². The highest BCUT2D eigenvalue weighted by molar-refractivity contribution is 4.89. The van der Waals surface area contributed by atoms with Gasteiger partial charge in [-0.25, -0.2) is 0 Å². The van der Waals surface area contributed by atoms with Crippen LogP contribution in [0.2, 0.25) is 0 Å². The van der Waals surface area contributed by atoms with E-state index in [1.807, 2.05) is 0 Å². The minimum absolute atomic E-state index is 0.181. The first kappa shape index (κ1) is 8.02. The van der Waals surface area contributed by atoms with E-state index >= 15 is 0 Å². The summed E-state index contributed by atoms with van der Waals surface area (Å²) < 4.78 is 0. The van der Waals surface area contributed by atoms with E-state index in [9.17, 15) is 0 Å². The summed E-state index contributed by atoms with van der Waals surface area (Å²) in [7, 11) is 0. The smallest absolute Gasteiger partial charge is 0.0502 e. The fraction of sp³-hybridized carbons (Fsp3) is 1.00. The van der Waals surface area contributed by atoms with Crippen molar-refractivity contribution in [2.75, 3.05) is 19.7 Å². The van der Waals surface area contributed by atoms with Crippen molar-refractivity contribution in [1.82, 2.24) is 5.32 Å². The molecule has 0 saturated carbocycles. The van der Waals surface area contributed by atoms with Crippen LogP contribution in [0.25, 0.3) is 0 Å². The van der Waals surface area contributed by atoms with Crippen LogP contribution in [0.5, 0.6) is 0 Å². The van der Waals surface area contributed by atoms with Crippen molar-refractivity contribution < 1.29 is 5.11 Å². The standard InChI is InChI=1S/C8H17NO/c1-7(2)8(6-10)3-4-9-5-8/h7,9-10H,3-6H2,1-2H3/t8-/m0/s1. The highest BCUT2D eigenvalue weighted by Crippen LogP contribution is 2.32. The molecule has 0 aromatic rings. The average Bonchev–Trinajstić information content (AvgIpc) is 2.35. The van der Waals surface area contributed by atoms with Crippen molar-refractivity contribution in [2.45, 2.75) is 20.3 Å². The minimum atomic E-state index is 0.181. The first-order valence-electron chi connectivity index (χ1n) is 4.03. The Morgan fingerprint density at radius 1 is 1.60 bits per heavy atom. The van der Waals surface area contributed by atoms with Gasteiger partial charge in [0.1, 0.15) is 0 Å². The first-order chi connectivity index (χ1) is 4.71. The van der Waals surface area contributed by atoms with E-state index in [2.05, 4.69) is 19.2 Å². The number of aliphatic hydroxyl groups excluding tert-OH is 1. The second kappa shape index (κ2) is 2.89. The Kier molecular flexibility index (Phi) is 2.32. The molecule has 0 amide bonds. The van der Waals surface area contributed by atoms with Crippen LogP contribution in [0.15, 0.2) is 0 Å². The molecule has 0 aromatic carbocycles. The summed E-state index contributed by atoms with van der Waals surface area (Å²) in [6.07, 6.45) is 1.13. The Balaban J connectivity index is 2.58. The normalized spacial score (nSPS) is 33.6. The molecular weight excluding hydrogens is 126 g/mol. The quantitative estimate of drug-likeness (QED) is 0.593. The van der Waals surface area contributed by atoms with Crippen LogP contribution in [0.4, 0.5) is 0 Å². The monoisotopic (exact) mass is 143 g/mol. The second-order valence-electron chi connectivity index (χ2n) is 3.60. The zero-order chi connectivity index (χ0) is 7.61. The maximum absolute atomic E-state index is 9.15. The topological polar surface area (TPSA) is 32.3 Å². The number of nitrogens with one attached hydrogen (secondary N) is 1. The van der Waals surface area contributed by atoms with Gasteiger partial charge in [0.25, 0.3) is 0 Å². The zero-order valence-electron chi connectivity index (χ0n) is 6.85. The van der Waals surface area contributed by atoms with Gasteiger partial charge < -0.3 is 10.4 Å². The Labute approximate surface area is 62.6 Å². The van der Waals surface area contributed by atoms with Gasteiger partial charge >= 0.3 is 0 Å². The molecule has 0 aliphatic carbocycles. The van der Waals surface area contributed by atoms with E-state index in [1.165, 1.54) is 0 Å².